The van der Waals surface area contributed by atoms with Gasteiger partial charge in [-0.15, -0.1) is 0 Å². The highest BCUT2D eigenvalue weighted by molar-refractivity contribution is 5.67. The van der Waals surface area contributed by atoms with E-state index in [2.05, 4.69) is 25.7 Å². The summed E-state index contributed by atoms with van der Waals surface area (Å²) in [7, 11) is 3.76. The molecule has 0 aliphatic heterocycles. The summed E-state index contributed by atoms with van der Waals surface area (Å²) in [5.74, 6) is 0. The Morgan fingerprint density at radius 3 is 2.00 bits per heavy atom. The number of aliphatic hydroxyl groups excluding tert-OH is 1. The Balaban J connectivity index is 4.22. The minimum absolute atomic E-state index is 0.0283. The van der Waals surface area contributed by atoms with Crippen molar-refractivity contribution in [1.82, 2.24) is 9.80 Å². The fourth-order valence-corrected chi connectivity index (χ4v) is 2.22. The molecule has 0 saturated heterocycles. The second-order valence-corrected chi connectivity index (χ2v) is 7.80. The van der Waals surface area contributed by atoms with Crippen molar-refractivity contribution in [1.29, 1.82) is 0 Å². The molecule has 5 nitrogen and oxygen atoms in total. The number of hydrogen-bond acceptors (Lipinski definition) is 4. The minimum atomic E-state index is -0.462. The molecule has 0 radical (unpaired) electrons. The molecule has 5 heteroatoms. The number of ether oxygens (including phenoxy) is 1. The van der Waals surface area contributed by atoms with Crippen LogP contribution in [0.4, 0.5) is 4.79 Å². The first-order valence-electron chi connectivity index (χ1n) is 7.63. The third-order valence-electron chi connectivity index (χ3n) is 3.41. The first-order valence-corrected chi connectivity index (χ1v) is 7.63. The highest BCUT2D eigenvalue weighted by Crippen LogP contribution is 2.23. The van der Waals surface area contributed by atoms with Crippen molar-refractivity contribution < 1.29 is 14.6 Å². The molecule has 0 aromatic rings. The van der Waals surface area contributed by atoms with Crippen molar-refractivity contribution in [2.24, 2.45) is 5.41 Å². The largest absolute Gasteiger partial charge is 0.444 e. The van der Waals surface area contributed by atoms with E-state index in [4.69, 9.17) is 4.74 Å². The molecule has 1 atom stereocenters. The van der Waals surface area contributed by atoms with Gasteiger partial charge < -0.3 is 19.6 Å². The van der Waals surface area contributed by atoms with Crippen LogP contribution in [0, 0.1) is 5.41 Å². The Bertz CT molecular complexity index is 318. The van der Waals surface area contributed by atoms with Crippen LogP contribution in [-0.4, -0.2) is 66.4 Å². The van der Waals surface area contributed by atoms with E-state index in [1.165, 1.54) is 0 Å². The summed E-state index contributed by atoms with van der Waals surface area (Å²) >= 11 is 0. The molecule has 126 valence electrons. The van der Waals surface area contributed by atoms with E-state index in [1.54, 1.807) is 11.9 Å². The molecule has 0 spiro atoms. The molecule has 0 fully saturated rings. The Kier molecular flexibility index (Phi) is 7.68. The van der Waals surface area contributed by atoms with Gasteiger partial charge >= 0.3 is 6.09 Å². The molecule has 0 aromatic heterocycles. The number of nitrogens with zero attached hydrogens (tertiary/aromatic N) is 2. The predicted molar refractivity (Wildman–Crippen MR) is 86.4 cm³/mol. The van der Waals surface area contributed by atoms with E-state index in [1.807, 2.05) is 27.8 Å². The zero-order chi connectivity index (χ0) is 16.8. The molecule has 0 saturated carbocycles. The number of carbonyl (C=O) groups excluding carboxylic acids is 1. The lowest BCUT2D eigenvalue weighted by atomic mass is 9.86. The lowest BCUT2D eigenvalue weighted by Gasteiger charge is -2.37. The SMILES string of the molecule is CN(CCCN(C)[C@H](CO)C(C)(C)C)C(=O)OC(C)(C)C. The van der Waals surface area contributed by atoms with Gasteiger partial charge in [-0.2, -0.15) is 0 Å². The van der Waals surface area contributed by atoms with Crippen molar-refractivity contribution in [3.8, 4) is 0 Å². The molecule has 0 heterocycles. The van der Waals surface area contributed by atoms with E-state index in [-0.39, 0.29) is 24.2 Å². The first-order chi connectivity index (χ1) is 9.38. The zero-order valence-electron chi connectivity index (χ0n) is 15.1. The third-order valence-corrected chi connectivity index (χ3v) is 3.41. The maximum atomic E-state index is 11.8. The van der Waals surface area contributed by atoms with Crippen molar-refractivity contribution in [2.75, 3.05) is 33.8 Å². The third kappa shape index (κ3) is 8.27. The van der Waals surface area contributed by atoms with Gasteiger partial charge in [0.15, 0.2) is 0 Å². The summed E-state index contributed by atoms with van der Waals surface area (Å²) in [6.45, 7) is 13.6. The Hall–Kier alpha value is -0.810. The standard InChI is InChI=1S/C16H34N2O3/c1-15(2,3)13(12-19)17(7)10-9-11-18(8)14(20)21-16(4,5)6/h13,19H,9-12H2,1-8H3/t13-/m1/s1. The van der Waals surface area contributed by atoms with Crippen LogP contribution in [0.15, 0.2) is 0 Å². The molecule has 0 aromatic carbocycles. The van der Waals surface area contributed by atoms with Crippen molar-refractivity contribution in [2.45, 2.75) is 59.6 Å². The lowest BCUT2D eigenvalue weighted by molar-refractivity contribution is 0.0276. The first kappa shape index (κ1) is 20.2. The lowest BCUT2D eigenvalue weighted by Crippen LogP contribution is -2.45. The van der Waals surface area contributed by atoms with Gasteiger partial charge in [-0.1, -0.05) is 20.8 Å². The number of hydrogen-bond donors (Lipinski definition) is 1. The van der Waals surface area contributed by atoms with Crippen LogP contribution < -0.4 is 0 Å². The van der Waals surface area contributed by atoms with Gasteiger partial charge in [-0.05, 0) is 46.2 Å². The van der Waals surface area contributed by atoms with Crippen LogP contribution in [0.25, 0.3) is 0 Å². The van der Waals surface area contributed by atoms with Crippen molar-refractivity contribution in [3.63, 3.8) is 0 Å². The fourth-order valence-electron chi connectivity index (χ4n) is 2.22. The molecular weight excluding hydrogens is 268 g/mol. The van der Waals surface area contributed by atoms with E-state index < -0.39 is 5.60 Å². The van der Waals surface area contributed by atoms with Gasteiger partial charge in [0.25, 0.3) is 0 Å². The van der Waals surface area contributed by atoms with Crippen LogP contribution in [0.3, 0.4) is 0 Å². The van der Waals surface area contributed by atoms with Crippen molar-refractivity contribution in [3.05, 3.63) is 0 Å². The number of rotatable bonds is 6. The summed E-state index contributed by atoms with van der Waals surface area (Å²) in [5.41, 5.74) is -0.434. The predicted octanol–water partition coefficient (Wildman–Crippen LogP) is 2.58. The maximum absolute atomic E-state index is 11.8. The second kappa shape index (κ2) is 7.99. The minimum Gasteiger partial charge on any atom is -0.444 e. The van der Waals surface area contributed by atoms with Gasteiger partial charge in [0.05, 0.1) is 6.61 Å². The molecule has 1 amide bonds. The van der Waals surface area contributed by atoms with Gasteiger partial charge in [-0.25, -0.2) is 4.79 Å². The monoisotopic (exact) mass is 302 g/mol. The van der Waals surface area contributed by atoms with E-state index in [9.17, 15) is 9.90 Å². The molecular formula is C16H34N2O3. The van der Waals surface area contributed by atoms with Gasteiger partial charge in [-0.3, -0.25) is 0 Å². The number of aliphatic hydroxyl groups is 1. The number of carbonyl (C=O) groups is 1. The van der Waals surface area contributed by atoms with Gasteiger partial charge in [0, 0.05) is 19.6 Å². The number of likely N-dealkylation sites (N-methyl/N-ethyl adjacent to an activating group) is 1. The van der Waals surface area contributed by atoms with E-state index in [0.29, 0.717) is 6.54 Å². The molecule has 1 N–H and O–H groups in total. The van der Waals surface area contributed by atoms with Crippen LogP contribution in [0.2, 0.25) is 0 Å². The Labute approximate surface area is 130 Å². The van der Waals surface area contributed by atoms with Gasteiger partial charge in [0.1, 0.15) is 5.60 Å². The van der Waals surface area contributed by atoms with E-state index >= 15 is 0 Å². The molecule has 21 heavy (non-hydrogen) atoms. The maximum Gasteiger partial charge on any atom is 0.410 e. The Morgan fingerprint density at radius 2 is 1.62 bits per heavy atom. The average molecular weight is 302 g/mol. The summed E-state index contributed by atoms with van der Waals surface area (Å²) in [6.07, 6.45) is 0.554. The highest BCUT2D eigenvalue weighted by Gasteiger charge is 2.27. The topological polar surface area (TPSA) is 53.0 Å². The summed E-state index contributed by atoms with van der Waals surface area (Å²) in [5, 5.41) is 9.53. The molecule has 0 bridgehead atoms. The molecule has 0 rings (SSSR count). The summed E-state index contributed by atoms with van der Waals surface area (Å²) < 4.78 is 5.31. The molecule has 0 aliphatic carbocycles. The normalized spacial score (nSPS) is 14.2. The van der Waals surface area contributed by atoms with Gasteiger partial charge in [0.2, 0.25) is 0 Å². The van der Waals surface area contributed by atoms with E-state index in [0.717, 1.165) is 13.0 Å². The van der Waals surface area contributed by atoms with Crippen LogP contribution in [0.1, 0.15) is 48.0 Å². The van der Waals surface area contributed by atoms with Crippen molar-refractivity contribution >= 4 is 6.09 Å². The molecule has 0 unspecified atom stereocenters. The van der Waals surface area contributed by atoms with Crippen LogP contribution >= 0.6 is 0 Å². The Morgan fingerprint density at radius 1 is 1.10 bits per heavy atom. The summed E-state index contributed by atoms with van der Waals surface area (Å²) in [4.78, 5) is 15.6. The highest BCUT2D eigenvalue weighted by atomic mass is 16.6. The summed E-state index contributed by atoms with van der Waals surface area (Å²) in [6, 6.07) is 0.115. The average Bonchev–Trinajstić information content (AvgIpc) is 2.25. The second-order valence-electron chi connectivity index (χ2n) is 7.80. The van der Waals surface area contributed by atoms with Crippen LogP contribution in [-0.2, 0) is 4.74 Å². The number of amides is 1. The van der Waals surface area contributed by atoms with Crippen LogP contribution in [0.5, 0.6) is 0 Å². The molecule has 0 aliphatic rings. The quantitative estimate of drug-likeness (QED) is 0.819. The fraction of sp³-hybridized carbons (Fsp3) is 0.938. The smallest absolute Gasteiger partial charge is 0.410 e. The zero-order valence-corrected chi connectivity index (χ0v) is 15.1.